The second-order valence-corrected chi connectivity index (χ2v) is 9.09. The highest BCUT2D eigenvalue weighted by molar-refractivity contribution is 7.99. The Morgan fingerprint density at radius 1 is 1.12 bits per heavy atom. The van der Waals surface area contributed by atoms with Crippen LogP contribution in [0.1, 0.15) is 20.7 Å². The summed E-state index contributed by atoms with van der Waals surface area (Å²) in [6, 6.07) is 14.8. The highest BCUT2D eigenvalue weighted by atomic mass is 32.2. The van der Waals surface area contributed by atoms with Gasteiger partial charge in [-0.05, 0) is 54.6 Å². The number of carbonyl (C=O) groups is 2. The average Bonchev–Trinajstić information content (AvgIpc) is 3.22. The van der Waals surface area contributed by atoms with Crippen molar-refractivity contribution in [3.8, 4) is 0 Å². The molecule has 0 saturated carbocycles. The number of halogens is 1. The molecule has 1 N–H and O–H groups in total. The van der Waals surface area contributed by atoms with Gasteiger partial charge in [0, 0.05) is 27.6 Å². The van der Waals surface area contributed by atoms with Crippen molar-refractivity contribution in [2.24, 2.45) is 0 Å². The molecule has 2 heterocycles. The number of amides is 2. The number of carbonyl (C=O) groups excluding carboxylic acids is 2. The molecular weight excluding hydrogens is 445 g/mol. The number of benzene rings is 3. The van der Waals surface area contributed by atoms with Crippen molar-refractivity contribution in [2.75, 3.05) is 16.8 Å². The molecule has 0 fully saturated rings. The quantitative estimate of drug-likeness (QED) is 0.380. The van der Waals surface area contributed by atoms with Gasteiger partial charge in [-0.25, -0.2) is 9.37 Å². The van der Waals surface area contributed by atoms with Crippen molar-refractivity contribution < 1.29 is 14.0 Å². The summed E-state index contributed by atoms with van der Waals surface area (Å²) in [4.78, 5) is 33.0. The Labute approximate surface area is 191 Å². The molecule has 32 heavy (non-hydrogen) atoms. The predicted octanol–water partition coefficient (Wildman–Crippen LogP) is 5.99. The van der Waals surface area contributed by atoms with Gasteiger partial charge in [-0.15, -0.1) is 17.9 Å². The summed E-state index contributed by atoms with van der Waals surface area (Å²) >= 11 is 2.81. The van der Waals surface area contributed by atoms with Crippen molar-refractivity contribution in [3.05, 3.63) is 89.7 Å². The summed E-state index contributed by atoms with van der Waals surface area (Å²) in [6.45, 7) is 4.06. The van der Waals surface area contributed by atoms with Crippen molar-refractivity contribution in [3.63, 3.8) is 0 Å². The number of rotatable bonds is 4. The van der Waals surface area contributed by atoms with Gasteiger partial charge in [-0.2, -0.15) is 0 Å². The third kappa shape index (κ3) is 3.68. The highest BCUT2D eigenvalue weighted by Crippen LogP contribution is 2.42. The van der Waals surface area contributed by atoms with Crippen LogP contribution in [0.4, 0.5) is 15.8 Å². The van der Waals surface area contributed by atoms with Gasteiger partial charge >= 0.3 is 0 Å². The van der Waals surface area contributed by atoms with Crippen LogP contribution in [0.2, 0.25) is 0 Å². The Bertz CT molecular complexity index is 1400. The van der Waals surface area contributed by atoms with E-state index in [0.29, 0.717) is 33.9 Å². The van der Waals surface area contributed by atoms with E-state index in [9.17, 15) is 14.0 Å². The van der Waals surface area contributed by atoms with Gasteiger partial charge in [0.05, 0.1) is 27.0 Å². The Balaban J connectivity index is 1.50. The van der Waals surface area contributed by atoms with Crippen molar-refractivity contribution in [2.45, 2.75) is 9.79 Å². The molecule has 0 aliphatic carbocycles. The smallest absolute Gasteiger partial charge is 0.259 e. The topological polar surface area (TPSA) is 62.3 Å². The number of hydrogen-bond donors (Lipinski definition) is 1. The molecular formula is C24H16FN3O2S2. The Morgan fingerprint density at radius 3 is 2.84 bits per heavy atom. The largest absolute Gasteiger partial charge is 0.322 e. The first kappa shape index (κ1) is 20.4. The van der Waals surface area contributed by atoms with E-state index in [-0.39, 0.29) is 11.8 Å². The molecule has 0 bridgehead atoms. The number of hydrogen-bond acceptors (Lipinski definition) is 5. The van der Waals surface area contributed by atoms with Crippen molar-refractivity contribution in [1.82, 2.24) is 4.98 Å². The second kappa shape index (κ2) is 8.22. The average molecular weight is 462 g/mol. The fourth-order valence-corrected chi connectivity index (χ4v) is 5.34. The number of nitrogens with one attached hydrogen (secondary N) is 1. The van der Waals surface area contributed by atoms with E-state index in [0.717, 1.165) is 15.1 Å². The van der Waals surface area contributed by atoms with Crippen LogP contribution in [-0.2, 0) is 0 Å². The first-order chi connectivity index (χ1) is 15.5. The molecule has 1 aliphatic heterocycles. The fraction of sp³-hybridized carbons (Fsp3) is 0.0417. The van der Waals surface area contributed by atoms with E-state index < -0.39 is 5.82 Å². The predicted molar refractivity (Wildman–Crippen MR) is 126 cm³/mol. The van der Waals surface area contributed by atoms with Gasteiger partial charge in [-0.1, -0.05) is 17.8 Å². The minimum absolute atomic E-state index is 0.223. The van der Waals surface area contributed by atoms with Gasteiger partial charge < -0.3 is 10.2 Å². The summed E-state index contributed by atoms with van der Waals surface area (Å²) in [5.41, 5.74) is 4.70. The zero-order chi connectivity index (χ0) is 22.2. The molecule has 3 aromatic carbocycles. The minimum Gasteiger partial charge on any atom is -0.322 e. The van der Waals surface area contributed by atoms with E-state index >= 15 is 0 Å². The number of nitrogens with zero attached hydrogens (tertiary/aromatic N) is 2. The molecule has 4 aromatic rings. The highest BCUT2D eigenvalue weighted by Gasteiger charge is 2.27. The second-order valence-electron chi connectivity index (χ2n) is 7.12. The number of aromatic nitrogens is 1. The Morgan fingerprint density at radius 2 is 2.00 bits per heavy atom. The normalized spacial score (nSPS) is 12.8. The molecule has 5 rings (SSSR count). The minimum atomic E-state index is -0.412. The molecule has 0 radical (unpaired) electrons. The number of fused-ring (bicyclic) bond motifs is 3. The van der Waals surface area contributed by atoms with E-state index in [1.165, 1.54) is 41.3 Å². The standard InChI is InChI=1S/C24H16FN3O2S2/c1-2-9-28-19-7-5-16(27-23(29)14-3-8-20-18(10-14)26-13-31-20)12-22(19)32-21-11-15(25)4-6-17(21)24(28)30/h2-8,10-13H,1,9H2,(H,27,29). The SMILES string of the molecule is C=CCN1C(=O)c2ccc(F)cc2Sc2cc(NC(=O)c3ccc4scnc4c3)ccc21. The first-order valence-electron chi connectivity index (χ1n) is 9.72. The summed E-state index contributed by atoms with van der Waals surface area (Å²) in [6.07, 6.45) is 1.64. The number of anilines is 2. The maximum Gasteiger partial charge on any atom is 0.259 e. The zero-order valence-corrected chi connectivity index (χ0v) is 18.3. The molecule has 1 aromatic heterocycles. The monoisotopic (exact) mass is 461 g/mol. The molecule has 0 saturated heterocycles. The summed E-state index contributed by atoms with van der Waals surface area (Å²) in [5, 5.41) is 2.90. The van der Waals surface area contributed by atoms with Gasteiger partial charge in [-0.3, -0.25) is 9.59 Å². The van der Waals surface area contributed by atoms with E-state index in [1.807, 2.05) is 6.07 Å². The van der Waals surface area contributed by atoms with Crippen molar-refractivity contribution >= 4 is 56.5 Å². The van der Waals surface area contributed by atoms with Crippen LogP contribution >= 0.6 is 23.1 Å². The first-order valence-corrected chi connectivity index (χ1v) is 11.4. The van der Waals surface area contributed by atoms with Gasteiger partial charge in [0.2, 0.25) is 0 Å². The number of thiazole rings is 1. The maximum atomic E-state index is 13.9. The van der Waals surface area contributed by atoms with Crippen LogP contribution in [-0.4, -0.2) is 23.3 Å². The van der Waals surface area contributed by atoms with E-state index in [4.69, 9.17) is 0 Å². The van der Waals surface area contributed by atoms with Crippen molar-refractivity contribution in [1.29, 1.82) is 0 Å². The van der Waals surface area contributed by atoms with Crippen LogP contribution in [0.25, 0.3) is 10.2 Å². The summed E-state index contributed by atoms with van der Waals surface area (Å²) in [7, 11) is 0. The zero-order valence-electron chi connectivity index (χ0n) is 16.7. The molecule has 0 unspecified atom stereocenters. The lowest BCUT2D eigenvalue weighted by Gasteiger charge is -2.21. The molecule has 1 aliphatic rings. The molecule has 8 heteroatoms. The lowest BCUT2D eigenvalue weighted by Crippen LogP contribution is -2.31. The summed E-state index contributed by atoms with van der Waals surface area (Å²) in [5.74, 6) is -0.895. The van der Waals surface area contributed by atoms with Crippen LogP contribution in [0, 0.1) is 5.82 Å². The third-order valence-electron chi connectivity index (χ3n) is 5.05. The Kier molecular flexibility index (Phi) is 5.24. The molecule has 0 atom stereocenters. The fourth-order valence-electron chi connectivity index (χ4n) is 3.54. The third-order valence-corrected chi connectivity index (χ3v) is 6.97. The van der Waals surface area contributed by atoms with Crippen LogP contribution in [0.15, 0.2) is 82.6 Å². The van der Waals surface area contributed by atoms with E-state index in [1.54, 1.807) is 46.8 Å². The lowest BCUT2D eigenvalue weighted by atomic mass is 10.1. The maximum absolute atomic E-state index is 13.9. The lowest BCUT2D eigenvalue weighted by molar-refractivity contribution is 0.0985. The van der Waals surface area contributed by atoms with Gasteiger partial charge in [0.1, 0.15) is 5.82 Å². The molecule has 158 valence electrons. The van der Waals surface area contributed by atoms with Crippen LogP contribution < -0.4 is 10.2 Å². The molecule has 2 amide bonds. The molecule has 0 spiro atoms. The van der Waals surface area contributed by atoms with Gasteiger partial charge in [0.25, 0.3) is 11.8 Å². The molecule has 5 nitrogen and oxygen atoms in total. The van der Waals surface area contributed by atoms with Gasteiger partial charge in [0.15, 0.2) is 0 Å². The summed E-state index contributed by atoms with van der Waals surface area (Å²) < 4.78 is 14.9. The van der Waals surface area contributed by atoms with E-state index in [2.05, 4.69) is 16.9 Å². The Hall–Kier alpha value is -3.49. The van der Waals surface area contributed by atoms with Crippen LogP contribution in [0.5, 0.6) is 0 Å². The van der Waals surface area contributed by atoms with Crippen LogP contribution in [0.3, 0.4) is 0 Å².